The molecule has 1 unspecified atom stereocenters. The van der Waals surface area contributed by atoms with Crippen molar-refractivity contribution in [1.29, 1.82) is 0 Å². The van der Waals surface area contributed by atoms with Crippen LogP contribution in [0.4, 0.5) is 0 Å². The monoisotopic (exact) mass is 245 g/mol. The van der Waals surface area contributed by atoms with E-state index in [4.69, 9.17) is 5.73 Å². The van der Waals surface area contributed by atoms with Crippen molar-refractivity contribution >= 4 is 0 Å². The highest BCUT2D eigenvalue weighted by atomic mass is 14.7. The highest BCUT2D eigenvalue weighted by Gasteiger charge is 2.32. The first-order valence-electron chi connectivity index (χ1n) is 7.47. The van der Waals surface area contributed by atoms with Crippen LogP contribution in [0.2, 0.25) is 0 Å². The van der Waals surface area contributed by atoms with E-state index in [0.29, 0.717) is 11.5 Å². The summed E-state index contributed by atoms with van der Waals surface area (Å²) in [5, 5.41) is 0. The molecule has 1 heteroatoms. The van der Waals surface area contributed by atoms with E-state index < -0.39 is 0 Å². The highest BCUT2D eigenvalue weighted by molar-refractivity contribution is 5.23. The van der Waals surface area contributed by atoms with Gasteiger partial charge in [-0.05, 0) is 42.2 Å². The summed E-state index contributed by atoms with van der Waals surface area (Å²) in [5.41, 5.74) is 9.66. The van der Waals surface area contributed by atoms with Gasteiger partial charge in [-0.3, -0.25) is 0 Å². The summed E-state index contributed by atoms with van der Waals surface area (Å²) in [6, 6.07) is 9.30. The van der Waals surface area contributed by atoms with E-state index in [1.807, 2.05) is 0 Å². The second-order valence-corrected chi connectivity index (χ2v) is 6.20. The van der Waals surface area contributed by atoms with E-state index in [2.05, 4.69) is 38.1 Å². The molecule has 1 aliphatic rings. The minimum atomic E-state index is 0.310. The Hall–Kier alpha value is -0.820. The van der Waals surface area contributed by atoms with Crippen molar-refractivity contribution in [3.63, 3.8) is 0 Å². The van der Waals surface area contributed by atoms with Crippen LogP contribution in [0.3, 0.4) is 0 Å². The SMILES string of the molecule is CCc1ccc(CC(N)C2(C)CCCCC2)cc1. The first-order valence-corrected chi connectivity index (χ1v) is 7.47. The second-order valence-electron chi connectivity index (χ2n) is 6.20. The average molecular weight is 245 g/mol. The van der Waals surface area contributed by atoms with Crippen LogP contribution in [-0.4, -0.2) is 6.04 Å². The third-order valence-electron chi connectivity index (χ3n) is 4.78. The topological polar surface area (TPSA) is 26.0 Å². The summed E-state index contributed by atoms with van der Waals surface area (Å²) in [7, 11) is 0. The zero-order valence-corrected chi connectivity index (χ0v) is 11.9. The molecule has 1 atom stereocenters. The number of benzene rings is 1. The zero-order chi connectivity index (χ0) is 13.0. The van der Waals surface area contributed by atoms with Crippen molar-refractivity contribution in [3.05, 3.63) is 35.4 Å². The summed E-state index contributed by atoms with van der Waals surface area (Å²) in [6.45, 7) is 4.58. The maximum Gasteiger partial charge on any atom is 0.0133 e. The molecule has 0 saturated heterocycles. The lowest BCUT2D eigenvalue weighted by Crippen LogP contribution is -2.42. The highest BCUT2D eigenvalue weighted by Crippen LogP contribution is 2.38. The Morgan fingerprint density at radius 3 is 2.17 bits per heavy atom. The van der Waals surface area contributed by atoms with Gasteiger partial charge in [0.2, 0.25) is 0 Å². The second kappa shape index (κ2) is 5.88. The summed E-state index contributed by atoms with van der Waals surface area (Å²) >= 11 is 0. The molecule has 0 radical (unpaired) electrons. The van der Waals surface area contributed by atoms with Crippen molar-refractivity contribution in [2.75, 3.05) is 0 Å². The molecule has 1 fully saturated rings. The predicted octanol–water partition coefficient (Wildman–Crippen LogP) is 4.09. The molecule has 1 aromatic rings. The largest absolute Gasteiger partial charge is 0.327 e. The van der Waals surface area contributed by atoms with Crippen LogP contribution in [0.15, 0.2) is 24.3 Å². The minimum Gasteiger partial charge on any atom is -0.327 e. The van der Waals surface area contributed by atoms with E-state index in [0.717, 1.165) is 12.8 Å². The van der Waals surface area contributed by atoms with E-state index in [9.17, 15) is 0 Å². The standard InChI is InChI=1S/C17H27N/c1-3-14-7-9-15(10-8-14)13-16(18)17(2)11-5-4-6-12-17/h7-10,16H,3-6,11-13,18H2,1-2H3. The molecule has 1 nitrogen and oxygen atoms in total. The first-order chi connectivity index (χ1) is 8.64. The molecular weight excluding hydrogens is 218 g/mol. The van der Waals surface area contributed by atoms with Crippen LogP contribution in [0.5, 0.6) is 0 Å². The van der Waals surface area contributed by atoms with Gasteiger partial charge < -0.3 is 5.73 Å². The van der Waals surface area contributed by atoms with Gasteiger partial charge in [-0.2, -0.15) is 0 Å². The van der Waals surface area contributed by atoms with Gasteiger partial charge in [-0.25, -0.2) is 0 Å². The molecule has 2 rings (SSSR count). The molecule has 2 N–H and O–H groups in total. The molecule has 0 aliphatic heterocycles. The van der Waals surface area contributed by atoms with Crippen molar-refractivity contribution < 1.29 is 0 Å². The van der Waals surface area contributed by atoms with Gasteiger partial charge in [-0.1, -0.05) is 57.4 Å². The normalized spacial score (nSPS) is 20.6. The lowest BCUT2D eigenvalue weighted by atomic mass is 9.69. The Bertz CT molecular complexity index is 360. The fourth-order valence-corrected chi connectivity index (χ4v) is 3.14. The quantitative estimate of drug-likeness (QED) is 0.849. The molecule has 100 valence electrons. The number of hydrogen-bond acceptors (Lipinski definition) is 1. The van der Waals surface area contributed by atoms with E-state index in [1.165, 1.54) is 43.2 Å². The average Bonchev–Trinajstić information content (AvgIpc) is 2.40. The number of hydrogen-bond donors (Lipinski definition) is 1. The summed E-state index contributed by atoms with van der Waals surface area (Å²) < 4.78 is 0. The predicted molar refractivity (Wildman–Crippen MR) is 78.7 cm³/mol. The molecule has 0 spiro atoms. The fraction of sp³-hybridized carbons (Fsp3) is 0.647. The molecule has 0 bridgehead atoms. The van der Waals surface area contributed by atoms with Gasteiger partial charge in [0.25, 0.3) is 0 Å². The van der Waals surface area contributed by atoms with E-state index in [1.54, 1.807) is 0 Å². The lowest BCUT2D eigenvalue weighted by molar-refractivity contribution is 0.169. The van der Waals surface area contributed by atoms with Gasteiger partial charge in [0.1, 0.15) is 0 Å². The number of rotatable bonds is 4. The zero-order valence-electron chi connectivity index (χ0n) is 11.9. The van der Waals surface area contributed by atoms with Crippen LogP contribution in [-0.2, 0) is 12.8 Å². The minimum absolute atomic E-state index is 0.310. The van der Waals surface area contributed by atoms with E-state index >= 15 is 0 Å². The van der Waals surface area contributed by atoms with Crippen LogP contribution in [0.25, 0.3) is 0 Å². The number of aryl methyl sites for hydroxylation is 1. The molecular formula is C17H27N. The van der Waals surface area contributed by atoms with Crippen LogP contribution < -0.4 is 5.73 Å². The molecule has 1 aliphatic carbocycles. The Morgan fingerprint density at radius 2 is 1.61 bits per heavy atom. The first kappa shape index (κ1) is 13.6. The Kier molecular flexibility index (Phi) is 4.45. The maximum atomic E-state index is 6.49. The Labute approximate surface area is 112 Å². The molecule has 0 heterocycles. The van der Waals surface area contributed by atoms with Gasteiger partial charge in [0.15, 0.2) is 0 Å². The smallest absolute Gasteiger partial charge is 0.0133 e. The van der Waals surface area contributed by atoms with Gasteiger partial charge in [0.05, 0.1) is 0 Å². The molecule has 18 heavy (non-hydrogen) atoms. The summed E-state index contributed by atoms with van der Waals surface area (Å²) in [4.78, 5) is 0. The summed E-state index contributed by atoms with van der Waals surface area (Å²) in [5.74, 6) is 0. The molecule has 1 aromatic carbocycles. The van der Waals surface area contributed by atoms with Crippen molar-refractivity contribution in [3.8, 4) is 0 Å². The van der Waals surface area contributed by atoms with Crippen LogP contribution >= 0.6 is 0 Å². The molecule has 0 aromatic heterocycles. The van der Waals surface area contributed by atoms with E-state index in [-0.39, 0.29) is 0 Å². The van der Waals surface area contributed by atoms with Gasteiger partial charge >= 0.3 is 0 Å². The molecule has 0 amide bonds. The van der Waals surface area contributed by atoms with Crippen molar-refractivity contribution in [2.45, 2.75) is 64.8 Å². The molecule has 1 saturated carbocycles. The van der Waals surface area contributed by atoms with Crippen molar-refractivity contribution in [1.82, 2.24) is 0 Å². The third-order valence-corrected chi connectivity index (χ3v) is 4.78. The van der Waals surface area contributed by atoms with Gasteiger partial charge in [-0.15, -0.1) is 0 Å². The Morgan fingerprint density at radius 1 is 1.06 bits per heavy atom. The maximum absolute atomic E-state index is 6.49. The van der Waals surface area contributed by atoms with Crippen molar-refractivity contribution in [2.24, 2.45) is 11.1 Å². The fourth-order valence-electron chi connectivity index (χ4n) is 3.14. The third kappa shape index (κ3) is 3.14. The summed E-state index contributed by atoms with van der Waals surface area (Å²) in [6.07, 6.45) is 8.87. The number of nitrogens with two attached hydrogens (primary N) is 1. The van der Waals surface area contributed by atoms with Crippen LogP contribution in [0, 0.1) is 5.41 Å². The van der Waals surface area contributed by atoms with Gasteiger partial charge in [0, 0.05) is 6.04 Å². The van der Waals surface area contributed by atoms with Crippen LogP contribution in [0.1, 0.15) is 57.1 Å². The lowest BCUT2D eigenvalue weighted by Gasteiger charge is -2.39. The Balaban J connectivity index is 1.98.